The summed E-state index contributed by atoms with van der Waals surface area (Å²) in [5, 5.41) is 1.91. The van der Waals surface area contributed by atoms with Crippen molar-refractivity contribution in [3.05, 3.63) is 28.2 Å². The number of hydrogen-bond donors (Lipinski definition) is 1. The van der Waals surface area contributed by atoms with Gasteiger partial charge in [0.15, 0.2) is 0 Å². The molecule has 1 amide bonds. The van der Waals surface area contributed by atoms with Crippen LogP contribution in [0.1, 0.15) is 5.56 Å². The van der Waals surface area contributed by atoms with Gasteiger partial charge < -0.3 is 10.1 Å². The van der Waals surface area contributed by atoms with E-state index in [0.717, 1.165) is 10.0 Å². The maximum atomic E-state index is 12.1. The van der Waals surface area contributed by atoms with E-state index in [0.29, 0.717) is 12.2 Å². The monoisotopic (exact) mass is 323 g/mol. The van der Waals surface area contributed by atoms with E-state index in [1.807, 2.05) is 5.32 Å². The van der Waals surface area contributed by atoms with E-state index in [9.17, 15) is 18.0 Å². The first-order valence-electron chi connectivity index (χ1n) is 5.15. The van der Waals surface area contributed by atoms with Gasteiger partial charge >= 0.3 is 12.1 Å². The number of rotatable bonds is 1. The van der Waals surface area contributed by atoms with Crippen LogP contribution in [0, 0.1) is 0 Å². The molecule has 2 rings (SSSR count). The van der Waals surface area contributed by atoms with E-state index in [-0.39, 0.29) is 6.61 Å². The van der Waals surface area contributed by atoms with E-state index in [4.69, 9.17) is 4.74 Å². The summed E-state index contributed by atoms with van der Waals surface area (Å²) in [5.74, 6) is -1.30. The Labute approximate surface area is 109 Å². The number of fused-ring (bicyclic) bond motifs is 1. The number of carbonyl (C=O) groups is 1. The summed E-state index contributed by atoms with van der Waals surface area (Å²) < 4.78 is 42.4. The highest BCUT2D eigenvalue weighted by atomic mass is 79.9. The van der Waals surface area contributed by atoms with Crippen molar-refractivity contribution in [1.29, 1.82) is 0 Å². The Bertz CT molecular complexity index is 476. The van der Waals surface area contributed by atoms with Crippen molar-refractivity contribution >= 4 is 21.8 Å². The zero-order chi connectivity index (χ0) is 13.3. The topological polar surface area (TPSA) is 38.3 Å². The first-order chi connectivity index (χ1) is 8.36. The second kappa shape index (κ2) is 4.79. The maximum absolute atomic E-state index is 12.1. The molecule has 0 fully saturated rings. The van der Waals surface area contributed by atoms with Crippen molar-refractivity contribution in [2.24, 2.45) is 0 Å². The fourth-order valence-electron chi connectivity index (χ4n) is 1.72. The molecule has 1 aliphatic heterocycles. The van der Waals surface area contributed by atoms with Gasteiger partial charge in [0.05, 0.1) is 6.04 Å². The van der Waals surface area contributed by atoms with Gasteiger partial charge in [0.1, 0.15) is 12.4 Å². The quantitative estimate of drug-likeness (QED) is 0.862. The number of carbonyl (C=O) groups excluding carboxylic acids is 1. The van der Waals surface area contributed by atoms with Crippen LogP contribution in [0.5, 0.6) is 5.75 Å². The molecule has 7 heteroatoms. The maximum Gasteiger partial charge on any atom is 0.471 e. The molecule has 3 nitrogen and oxygen atoms in total. The third kappa shape index (κ3) is 2.95. The third-order valence-electron chi connectivity index (χ3n) is 2.52. The summed E-state index contributed by atoms with van der Waals surface area (Å²) in [7, 11) is 0. The van der Waals surface area contributed by atoms with Gasteiger partial charge in [-0.05, 0) is 30.2 Å². The fraction of sp³-hybridized carbons (Fsp3) is 0.364. The molecule has 0 radical (unpaired) electrons. The Hall–Kier alpha value is -1.24. The highest BCUT2D eigenvalue weighted by molar-refractivity contribution is 9.10. The highest BCUT2D eigenvalue weighted by Crippen LogP contribution is 2.28. The molecule has 0 aliphatic carbocycles. The summed E-state index contributed by atoms with van der Waals surface area (Å²) >= 11 is 3.27. The fourth-order valence-corrected chi connectivity index (χ4v) is 2.13. The van der Waals surface area contributed by atoms with Crippen molar-refractivity contribution in [3.63, 3.8) is 0 Å². The number of ether oxygens (including phenoxy) is 1. The Kier molecular flexibility index (Phi) is 3.52. The summed E-state index contributed by atoms with van der Waals surface area (Å²) in [6, 6.07) is 4.62. The van der Waals surface area contributed by atoms with E-state index < -0.39 is 18.1 Å². The van der Waals surface area contributed by atoms with E-state index in [2.05, 4.69) is 15.9 Å². The number of hydrogen-bond acceptors (Lipinski definition) is 2. The van der Waals surface area contributed by atoms with Gasteiger partial charge in [-0.1, -0.05) is 15.9 Å². The van der Waals surface area contributed by atoms with Crippen LogP contribution in [-0.4, -0.2) is 24.7 Å². The zero-order valence-corrected chi connectivity index (χ0v) is 10.6. The molecule has 0 bridgehead atoms. The molecule has 0 spiro atoms. The lowest BCUT2D eigenvalue weighted by Crippen LogP contribution is -2.47. The van der Waals surface area contributed by atoms with Crippen LogP contribution in [0.15, 0.2) is 22.7 Å². The van der Waals surface area contributed by atoms with Gasteiger partial charge in [-0.3, -0.25) is 4.79 Å². The molecule has 1 aromatic rings. The summed E-state index contributed by atoms with van der Waals surface area (Å²) in [6.45, 7) is 0.0381. The largest absolute Gasteiger partial charge is 0.491 e. The smallest absolute Gasteiger partial charge is 0.471 e. The average Bonchev–Trinajstić information content (AvgIpc) is 2.27. The number of benzene rings is 1. The zero-order valence-electron chi connectivity index (χ0n) is 9.05. The molecule has 18 heavy (non-hydrogen) atoms. The van der Waals surface area contributed by atoms with Crippen molar-refractivity contribution in [2.75, 3.05) is 6.61 Å². The van der Waals surface area contributed by atoms with Gasteiger partial charge in [-0.25, -0.2) is 0 Å². The van der Waals surface area contributed by atoms with Crippen LogP contribution in [-0.2, 0) is 11.2 Å². The molecule has 0 saturated heterocycles. The predicted octanol–water partition coefficient (Wildman–Crippen LogP) is 2.43. The molecule has 1 aromatic carbocycles. The van der Waals surface area contributed by atoms with Gasteiger partial charge in [0, 0.05) is 4.47 Å². The standard InChI is InChI=1S/C11H9BrF3NO2/c12-7-1-2-9-6(3-7)4-8(5-18-9)16-10(17)11(13,14)15/h1-3,8H,4-5H2,(H,16,17). The molecule has 0 saturated carbocycles. The second-order valence-electron chi connectivity index (χ2n) is 3.94. The molecular weight excluding hydrogens is 315 g/mol. The molecule has 1 unspecified atom stereocenters. The minimum absolute atomic E-state index is 0.0381. The predicted molar refractivity (Wildman–Crippen MR) is 61.3 cm³/mol. The Balaban J connectivity index is 2.06. The molecule has 1 heterocycles. The molecule has 1 N–H and O–H groups in total. The van der Waals surface area contributed by atoms with Crippen LogP contribution in [0.4, 0.5) is 13.2 Å². The van der Waals surface area contributed by atoms with Crippen LogP contribution in [0.3, 0.4) is 0 Å². The molecule has 1 atom stereocenters. The van der Waals surface area contributed by atoms with Gasteiger partial charge in [0.2, 0.25) is 0 Å². The van der Waals surface area contributed by atoms with Gasteiger partial charge in [-0.2, -0.15) is 13.2 Å². The summed E-state index contributed by atoms with van der Waals surface area (Å²) in [6.07, 6.45) is -4.55. The first-order valence-corrected chi connectivity index (χ1v) is 5.94. The lowest BCUT2D eigenvalue weighted by molar-refractivity contribution is -0.174. The normalized spacial score (nSPS) is 18.8. The number of alkyl halides is 3. The SMILES string of the molecule is O=C(NC1COc2ccc(Br)cc2C1)C(F)(F)F. The second-order valence-corrected chi connectivity index (χ2v) is 4.85. The Morgan fingerprint density at radius 3 is 2.83 bits per heavy atom. The van der Waals surface area contributed by atoms with Gasteiger partial charge in [0.25, 0.3) is 0 Å². The van der Waals surface area contributed by atoms with Crippen LogP contribution < -0.4 is 10.1 Å². The lowest BCUT2D eigenvalue weighted by atomic mass is 10.0. The van der Waals surface area contributed by atoms with Crippen molar-refractivity contribution in [2.45, 2.75) is 18.6 Å². The van der Waals surface area contributed by atoms with E-state index in [1.165, 1.54) is 0 Å². The number of halogens is 4. The van der Waals surface area contributed by atoms with Crippen LogP contribution in [0.25, 0.3) is 0 Å². The molecular formula is C11H9BrF3NO2. The van der Waals surface area contributed by atoms with E-state index >= 15 is 0 Å². The molecule has 98 valence electrons. The number of nitrogens with one attached hydrogen (secondary N) is 1. The number of amides is 1. The Morgan fingerprint density at radius 2 is 2.17 bits per heavy atom. The molecule has 1 aliphatic rings. The summed E-state index contributed by atoms with van der Waals surface area (Å²) in [4.78, 5) is 10.8. The van der Waals surface area contributed by atoms with Crippen molar-refractivity contribution < 1.29 is 22.7 Å². The minimum Gasteiger partial charge on any atom is -0.491 e. The van der Waals surface area contributed by atoms with Crippen LogP contribution >= 0.6 is 15.9 Å². The Morgan fingerprint density at radius 1 is 1.44 bits per heavy atom. The van der Waals surface area contributed by atoms with Gasteiger partial charge in [-0.15, -0.1) is 0 Å². The van der Waals surface area contributed by atoms with E-state index in [1.54, 1.807) is 18.2 Å². The van der Waals surface area contributed by atoms with Crippen LogP contribution in [0.2, 0.25) is 0 Å². The highest BCUT2D eigenvalue weighted by Gasteiger charge is 2.40. The minimum atomic E-state index is -4.86. The lowest BCUT2D eigenvalue weighted by Gasteiger charge is -2.26. The average molecular weight is 324 g/mol. The summed E-state index contributed by atoms with van der Waals surface area (Å²) in [5.41, 5.74) is 0.767. The first kappa shape index (κ1) is 13.2. The van der Waals surface area contributed by atoms with Crippen molar-refractivity contribution in [3.8, 4) is 5.75 Å². The molecule has 0 aromatic heterocycles. The van der Waals surface area contributed by atoms with Crippen molar-refractivity contribution in [1.82, 2.24) is 5.32 Å². The third-order valence-corrected chi connectivity index (χ3v) is 3.01.